The van der Waals surface area contributed by atoms with Gasteiger partial charge in [-0.05, 0) is 70.1 Å². The van der Waals surface area contributed by atoms with E-state index in [-0.39, 0.29) is 24.1 Å². The van der Waals surface area contributed by atoms with E-state index in [0.29, 0.717) is 26.2 Å². The Labute approximate surface area is 299 Å². The predicted octanol–water partition coefficient (Wildman–Crippen LogP) is 10.2. The van der Waals surface area contributed by atoms with Gasteiger partial charge in [0.2, 0.25) is 5.91 Å². The summed E-state index contributed by atoms with van der Waals surface area (Å²) in [6.07, 6.45) is 3.23. The van der Waals surface area contributed by atoms with E-state index in [2.05, 4.69) is 71.4 Å². The Morgan fingerprint density at radius 2 is 1.31 bits per heavy atom. The van der Waals surface area contributed by atoms with E-state index in [1.807, 2.05) is 95.9 Å². The third-order valence-corrected chi connectivity index (χ3v) is 9.43. The minimum Gasteiger partial charge on any atom is -0.489 e. The van der Waals surface area contributed by atoms with Gasteiger partial charge >= 0.3 is 0 Å². The van der Waals surface area contributed by atoms with Crippen LogP contribution in [0.4, 0.5) is 4.39 Å². The highest BCUT2D eigenvalue weighted by atomic mass is 19.1. The lowest BCUT2D eigenvalue weighted by Crippen LogP contribution is -2.33. The average Bonchev–Trinajstić information content (AvgIpc) is 3.54. The summed E-state index contributed by atoms with van der Waals surface area (Å²) >= 11 is 0. The number of nitrogens with zero attached hydrogens (tertiary/aromatic N) is 2. The molecule has 1 atom stereocenters. The van der Waals surface area contributed by atoms with E-state index < -0.39 is 0 Å². The van der Waals surface area contributed by atoms with Gasteiger partial charge in [0.1, 0.15) is 18.2 Å². The van der Waals surface area contributed by atoms with E-state index >= 15 is 0 Å². The second-order valence-electron chi connectivity index (χ2n) is 13.0. The number of carbonyl (C=O) groups excluding carboxylic acids is 1. The van der Waals surface area contributed by atoms with Gasteiger partial charge in [0.05, 0.1) is 0 Å². The second-order valence-corrected chi connectivity index (χ2v) is 13.0. The number of halogens is 1. The van der Waals surface area contributed by atoms with Crippen LogP contribution in [0.5, 0.6) is 5.75 Å². The Balaban J connectivity index is 1.25. The summed E-state index contributed by atoms with van der Waals surface area (Å²) in [6.45, 7) is 2.18. The van der Waals surface area contributed by atoms with Crippen LogP contribution in [0.25, 0.3) is 10.9 Å². The molecule has 0 saturated carbocycles. The molecule has 6 aromatic carbocycles. The van der Waals surface area contributed by atoms with E-state index in [1.165, 1.54) is 17.7 Å². The molecule has 51 heavy (non-hydrogen) atoms. The summed E-state index contributed by atoms with van der Waals surface area (Å²) in [5, 5.41) is 1.09. The van der Waals surface area contributed by atoms with Gasteiger partial charge in [-0.1, -0.05) is 133 Å². The number of benzene rings is 6. The highest BCUT2D eigenvalue weighted by Gasteiger charge is 2.26. The van der Waals surface area contributed by atoms with Crippen LogP contribution in [-0.4, -0.2) is 21.9 Å². The number of ether oxygens (including phenoxy) is 1. The molecule has 7 aromatic rings. The normalized spacial score (nSPS) is 11.7. The van der Waals surface area contributed by atoms with Gasteiger partial charge in [-0.15, -0.1) is 0 Å². The number of aromatic nitrogens is 1. The van der Waals surface area contributed by atoms with Gasteiger partial charge < -0.3 is 14.2 Å². The zero-order valence-electron chi connectivity index (χ0n) is 28.6. The molecule has 0 fully saturated rings. The van der Waals surface area contributed by atoms with E-state index in [9.17, 15) is 9.18 Å². The number of amides is 1. The first kappa shape index (κ1) is 33.6. The molecule has 0 aliphatic rings. The number of para-hydroxylation sites is 1. The molecule has 7 rings (SSSR count). The zero-order valence-corrected chi connectivity index (χ0v) is 28.6. The Morgan fingerprint density at radius 3 is 2.04 bits per heavy atom. The van der Waals surface area contributed by atoms with Crippen molar-refractivity contribution in [2.75, 3.05) is 6.54 Å². The predicted molar refractivity (Wildman–Crippen MR) is 203 cm³/mol. The maximum absolute atomic E-state index is 14.6. The van der Waals surface area contributed by atoms with Crippen LogP contribution in [-0.2, 0) is 30.9 Å². The van der Waals surface area contributed by atoms with Crippen LogP contribution in [0.3, 0.4) is 0 Å². The lowest BCUT2D eigenvalue weighted by atomic mass is 9.87. The van der Waals surface area contributed by atoms with Crippen molar-refractivity contribution in [3.05, 3.63) is 209 Å². The lowest BCUT2D eigenvalue weighted by Gasteiger charge is -2.26. The van der Waals surface area contributed by atoms with Crippen LogP contribution in [0.15, 0.2) is 170 Å². The van der Waals surface area contributed by atoms with Crippen molar-refractivity contribution in [2.45, 2.75) is 38.5 Å². The standard InChI is InChI=1S/C46H41FN2O2/c47-40-25-23-37(24-26-40)32-49-33-44(42-21-10-11-22-45(42)49)43(39-19-12-20-41(29-39)51-34-38-17-8-3-9-18-38)30-46(50)48(31-36-15-6-2-7-16-36)28-27-35-13-4-1-5-14-35/h1-26,29,33,43H,27-28,30-32,34H2. The van der Waals surface area contributed by atoms with Crippen molar-refractivity contribution in [1.29, 1.82) is 0 Å². The molecule has 0 aliphatic carbocycles. The van der Waals surface area contributed by atoms with Gasteiger partial charge in [0.25, 0.3) is 0 Å². The van der Waals surface area contributed by atoms with Crippen LogP contribution >= 0.6 is 0 Å². The Hall–Kier alpha value is -5.94. The topological polar surface area (TPSA) is 34.5 Å². The highest BCUT2D eigenvalue weighted by Crippen LogP contribution is 2.37. The molecule has 4 nitrogen and oxygen atoms in total. The molecule has 0 saturated heterocycles. The fraction of sp³-hybridized carbons (Fsp3) is 0.152. The molecule has 1 unspecified atom stereocenters. The third-order valence-electron chi connectivity index (χ3n) is 9.43. The van der Waals surface area contributed by atoms with Crippen molar-refractivity contribution in [1.82, 2.24) is 9.47 Å². The number of rotatable bonds is 14. The largest absolute Gasteiger partial charge is 0.489 e. The van der Waals surface area contributed by atoms with Crippen LogP contribution in [0.2, 0.25) is 0 Å². The fourth-order valence-corrected chi connectivity index (χ4v) is 6.75. The van der Waals surface area contributed by atoms with E-state index in [1.54, 1.807) is 0 Å². The maximum Gasteiger partial charge on any atom is 0.223 e. The molecule has 1 heterocycles. The molecular formula is C46H41FN2O2. The van der Waals surface area contributed by atoms with Crippen molar-refractivity contribution >= 4 is 16.8 Å². The van der Waals surface area contributed by atoms with Crippen molar-refractivity contribution in [2.24, 2.45) is 0 Å². The number of hydrogen-bond donors (Lipinski definition) is 0. The zero-order chi connectivity index (χ0) is 34.8. The second kappa shape index (κ2) is 16.2. The monoisotopic (exact) mass is 672 g/mol. The molecule has 1 amide bonds. The molecule has 0 spiro atoms. The lowest BCUT2D eigenvalue weighted by molar-refractivity contribution is -0.132. The van der Waals surface area contributed by atoms with Gasteiger partial charge in [0, 0.05) is 49.1 Å². The molecule has 0 radical (unpaired) electrons. The summed E-state index contributed by atoms with van der Waals surface area (Å²) in [5.41, 5.74) is 7.55. The van der Waals surface area contributed by atoms with Gasteiger partial charge in [-0.2, -0.15) is 0 Å². The van der Waals surface area contributed by atoms with E-state index in [4.69, 9.17) is 4.74 Å². The summed E-state index contributed by atoms with van der Waals surface area (Å²) < 4.78 is 22.3. The maximum atomic E-state index is 14.6. The minimum absolute atomic E-state index is 0.0887. The first-order chi connectivity index (χ1) is 25.1. The van der Waals surface area contributed by atoms with Crippen LogP contribution in [0.1, 0.15) is 45.7 Å². The van der Waals surface area contributed by atoms with Crippen molar-refractivity contribution in [3.63, 3.8) is 0 Å². The SMILES string of the molecule is O=C(CC(c1cccc(OCc2ccccc2)c1)c1cn(Cc2ccc(F)cc2)c2ccccc12)N(CCc1ccccc1)Cc1ccccc1. The Kier molecular flexibility index (Phi) is 10.6. The molecular weight excluding hydrogens is 632 g/mol. The molecule has 5 heteroatoms. The van der Waals surface area contributed by atoms with Crippen molar-refractivity contribution in [3.8, 4) is 5.75 Å². The number of fused-ring (bicyclic) bond motifs is 1. The molecule has 0 bridgehead atoms. The molecule has 0 aliphatic heterocycles. The van der Waals surface area contributed by atoms with Crippen LogP contribution in [0, 0.1) is 5.82 Å². The minimum atomic E-state index is -0.253. The van der Waals surface area contributed by atoms with Gasteiger partial charge in [0.15, 0.2) is 0 Å². The fourth-order valence-electron chi connectivity index (χ4n) is 6.75. The number of carbonyl (C=O) groups is 1. The summed E-state index contributed by atoms with van der Waals surface area (Å²) in [7, 11) is 0. The third kappa shape index (κ3) is 8.63. The van der Waals surface area contributed by atoms with Crippen LogP contribution < -0.4 is 4.74 Å². The first-order valence-electron chi connectivity index (χ1n) is 17.5. The smallest absolute Gasteiger partial charge is 0.223 e. The Morgan fingerprint density at radius 1 is 0.667 bits per heavy atom. The average molecular weight is 673 g/mol. The quantitative estimate of drug-likeness (QED) is 0.115. The first-order valence-corrected chi connectivity index (χ1v) is 17.5. The van der Waals surface area contributed by atoms with E-state index in [0.717, 1.165) is 50.9 Å². The summed E-state index contributed by atoms with van der Waals surface area (Å²) in [6, 6.07) is 53.8. The summed E-state index contributed by atoms with van der Waals surface area (Å²) in [4.78, 5) is 16.6. The van der Waals surface area contributed by atoms with Gasteiger partial charge in [-0.3, -0.25) is 4.79 Å². The molecule has 254 valence electrons. The summed E-state index contributed by atoms with van der Waals surface area (Å²) in [5.74, 6) is 0.351. The number of hydrogen-bond acceptors (Lipinski definition) is 2. The Bertz CT molecular complexity index is 2160. The highest BCUT2D eigenvalue weighted by molar-refractivity contribution is 5.87. The molecule has 1 aromatic heterocycles. The van der Waals surface area contributed by atoms with Crippen molar-refractivity contribution < 1.29 is 13.9 Å². The molecule has 0 N–H and O–H groups in total. The van der Waals surface area contributed by atoms with Gasteiger partial charge in [-0.25, -0.2) is 4.39 Å².